The van der Waals surface area contributed by atoms with E-state index in [0.717, 1.165) is 6.07 Å². The Kier molecular flexibility index (Phi) is 6.73. The van der Waals surface area contributed by atoms with Gasteiger partial charge in [0.1, 0.15) is 5.82 Å². The number of halogens is 1. The first-order chi connectivity index (χ1) is 9.76. The number of ether oxygens (including phenoxy) is 1. The summed E-state index contributed by atoms with van der Waals surface area (Å²) in [6.07, 6.45) is 0. The van der Waals surface area contributed by atoms with Gasteiger partial charge in [-0.15, -0.1) is 0 Å². The van der Waals surface area contributed by atoms with Gasteiger partial charge in [-0.05, 0) is 24.6 Å². The monoisotopic (exact) mass is 318 g/mol. The Balaban J connectivity index is 3.05. The van der Waals surface area contributed by atoms with Crippen molar-refractivity contribution in [2.45, 2.75) is 44.3 Å². The molecule has 1 unspecified atom stereocenters. The lowest BCUT2D eigenvalue weighted by atomic mass is 10.2. The van der Waals surface area contributed by atoms with Crippen molar-refractivity contribution in [2.24, 2.45) is 0 Å². The predicted molar refractivity (Wildman–Crippen MR) is 80.0 cm³/mol. The molecule has 1 atom stereocenters. The maximum Gasteiger partial charge on any atom is 0.241 e. The maximum absolute atomic E-state index is 13.4. The number of nitrogens with one attached hydrogen (secondary N) is 2. The van der Waals surface area contributed by atoms with Crippen LogP contribution in [0.15, 0.2) is 23.1 Å². The van der Waals surface area contributed by atoms with Crippen LogP contribution in [0.5, 0.6) is 0 Å². The summed E-state index contributed by atoms with van der Waals surface area (Å²) in [6.45, 7) is 6.20. The van der Waals surface area contributed by atoms with Gasteiger partial charge in [0.05, 0.1) is 11.5 Å². The third-order valence-corrected chi connectivity index (χ3v) is 4.46. The third kappa shape index (κ3) is 5.70. The van der Waals surface area contributed by atoms with Crippen LogP contribution >= 0.6 is 0 Å². The molecule has 0 fully saturated rings. The van der Waals surface area contributed by atoms with E-state index in [9.17, 15) is 12.8 Å². The molecule has 7 heteroatoms. The highest BCUT2D eigenvalue weighted by Gasteiger charge is 2.21. The molecule has 0 saturated carbocycles. The van der Waals surface area contributed by atoms with Crippen LogP contribution in [0.25, 0.3) is 0 Å². The largest absolute Gasteiger partial charge is 0.383 e. The van der Waals surface area contributed by atoms with E-state index in [4.69, 9.17) is 4.74 Å². The molecule has 120 valence electrons. The van der Waals surface area contributed by atoms with Gasteiger partial charge in [0.2, 0.25) is 10.0 Å². The number of hydrogen-bond donors (Lipinski definition) is 2. The highest BCUT2D eigenvalue weighted by atomic mass is 32.2. The van der Waals surface area contributed by atoms with Crippen molar-refractivity contribution in [3.63, 3.8) is 0 Å². The van der Waals surface area contributed by atoms with Crippen molar-refractivity contribution < 1.29 is 17.5 Å². The SMILES string of the molecule is COCC(C)NS(=O)(=O)c1cc(F)ccc1CNC(C)C. The number of methoxy groups -OCH3 is 1. The summed E-state index contributed by atoms with van der Waals surface area (Å²) in [6, 6.07) is 3.59. The van der Waals surface area contributed by atoms with E-state index in [1.807, 2.05) is 13.8 Å². The molecule has 0 heterocycles. The average molecular weight is 318 g/mol. The molecule has 21 heavy (non-hydrogen) atoms. The molecule has 0 saturated heterocycles. The second kappa shape index (κ2) is 7.84. The molecule has 0 radical (unpaired) electrons. The molecule has 0 aliphatic carbocycles. The van der Waals surface area contributed by atoms with Crippen molar-refractivity contribution in [2.75, 3.05) is 13.7 Å². The van der Waals surface area contributed by atoms with E-state index in [1.54, 1.807) is 6.92 Å². The van der Waals surface area contributed by atoms with Gasteiger partial charge < -0.3 is 10.1 Å². The van der Waals surface area contributed by atoms with E-state index >= 15 is 0 Å². The number of rotatable bonds is 8. The van der Waals surface area contributed by atoms with Crippen LogP contribution in [-0.2, 0) is 21.3 Å². The summed E-state index contributed by atoms with van der Waals surface area (Å²) >= 11 is 0. The summed E-state index contributed by atoms with van der Waals surface area (Å²) in [7, 11) is -2.30. The standard InChI is InChI=1S/C14H23FN2O3S/c1-10(2)16-8-12-5-6-13(15)7-14(12)21(18,19)17-11(3)9-20-4/h5-7,10-11,16-17H,8-9H2,1-4H3. The fourth-order valence-corrected chi connectivity index (χ4v) is 3.33. The average Bonchev–Trinajstić information content (AvgIpc) is 2.36. The van der Waals surface area contributed by atoms with Crippen molar-refractivity contribution in [3.8, 4) is 0 Å². The van der Waals surface area contributed by atoms with Crippen LogP contribution < -0.4 is 10.0 Å². The fourth-order valence-electron chi connectivity index (χ4n) is 1.85. The molecule has 0 aliphatic rings. The fraction of sp³-hybridized carbons (Fsp3) is 0.571. The summed E-state index contributed by atoms with van der Waals surface area (Å²) in [5, 5.41) is 3.13. The third-order valence-electron chi connectivity index (χ3n) is 2.79. The van der Waals surface area contributed by atoms with Crippen molar-refractivity contribution in [1.29, 1.82) is 0 Å². The molecule has 1 aromatic rings. The number of benzene rings is 1. The van der Waals surface area contributed by atoms with Gasteiger partial charge in [0.15, 0.2) is 0 Å². The summed E-state index contributed by atoms with van der Waals surface area (Å²) < 4.78 is 45.6. The minimum atomic E-state index is -3.79. The van der Waals surface area contributed by atoms with Gasteiger partial charge in [0, 0.05) is 25.7 Å². The molecular formula is C14H23FN2O3S. The molecular weight excluding hydrogens is 295 g/mol. The van der Waals surface area contributed by atoms with E-state index < -0.39 is 21.9 Å². The molecule has 0 aromatic heterocycles. The van der Waals surface area contributed by atoms with Gasteiger partial charge in [-0.3, -0.25) is 0 Å². The quantitative estimate of drug-likeness (QED) is 0.764. The number of hydrogen-bond acceptors (Lipinski definition) is 4. The topological polar surface area (TPSA) is 67.4 Å². The summed E-state index contributed by atoms with van der Waals surface area (Å²) in [4.78, 5) is -0.0430. The van der Waals surface area contributed by atoms with Crippen molar-refractivity contribution in [1.82, 2.24) is 10.0 Å². The lowest BCUT2D eigenvalue weighted by molar-refractivity contribution is 0.180. The lowest BCUT2D eigenvalue weighted by Gasteiger charge is -2.17. The summed E-state index contributed by atoms with van der Waals surface area (Å²) in [5.41, 5.74) is 0.530. The Morgan fingerprint density at radius 2 is 1.95 bits per heavy atom. The minimum absolute atomic E-state index is 0.0430. The maximum atomic E-state index is 13.4. The Morgan fingerprint density at radius 3 is 2.52 bits per heavy atom. The Morgan fingerprint density at radius 1 is 1.29 bits per heavy atom. The van der Waals surface area contributed by atoms with E-state index in [1.165, 1.54) is 19.2 Å². The van der Waals surface area contributed by atoms with E-state index in [0.29, 0.717) is 12.1 Å². The Hall–Kier alpha value is -1.02. The van der Waals surface area contributed by atoms with Crippen LogP contribution in [0, 0.1) is 5.82 Å². The Bertz CT molecular complexity index is 561. The molecule has 0 bridgehead atoms. The van der Waals surface area contributed by atoms with Gasteiger partial charge in [-0.25, -0.2) is 17.5 Å². The van der Waals surface area contributed by atoms with Crippen LogP contribution in [0.4, 0.5) is 4.39 Å². The van der Waals surface area contributed by atoms with Crippen LogP contribution in [0.1, 0.15) is 26.3 Å². The van der Waals surface area contributed by atoms with Gasteiger partial charge in [-0.1, -0.05) is 19.9 Å². The second-order valence-electron chi connectivity index (χ2n) is 5.27. The summed E-state index contributed by atoms with van der Waals surface area (Å²) in [5.74, 6) is -0.580. The molecule has 5 nitrogen and oxygen atoms in total. The number of sulfonamides is 1. The van der Waals surface area contributed by atoms with Crippen LogP contribution in [0.3, 0.4) is 0 Å². The molecule has 0 amide bonds. The van der Waals surface area contributed by atoms with Gasteiger partial charge in [-0.2, -0.15) is 0 Å². The van der Waals surface area contributed by atoms with Crippen LogP contribution in [0.2, 0.25) is 0 Å². The van der Waals surface area contributed by atoms with E-state index in [2.05, 4.69) is 10.0 Å². The molecule has 0 spiro atoms. The highest BCUT2D eigenvalue weighted by molar-refractivity contribution is 7.89. The van der Waals surface area contributed by atoms with Gasteiger partial charge >= 0.3 is 0 Å². The molecule has 0 aliphatic heterocycles. The lowest BCUT2D eigenvalue weighted by Crippen LogP contribution is -2.36. The van der Waals surface area contributed by atoms with Gasteiger partial charge in [0.25, 0.3) is 0 Å². The minimum Gasteiger partial charge on any atom is -0.383 e. The zero-order valence-corrected chi connectivity index (χ0v) is 13.6. The molecule has 1 aromatic carbocycles. The Labute approximate surface area is 125 Å². The molecule has 1 rings (SSSR count). The van der Waals surface area contributed by atoms with E-state index in [-0.39, 0.29) is 17.5 Å². The van der Waals surface area contributed by atoms with Crippen LogP contribution in [-0.4, -0.2) is 34.2 Å². The first kappa shape index (κ1) is 18.0. The normalized spacial score (nSPS) is 13.6. The zero-order valence-electron chi connectivity index (χ0n) is 12.8. The zero-order chi connectivity index (χ0) is 16.0. The molecule has 2 N–H and O–H groups in total. The highest BCUT2D eigenvalue weighted by Crippen LogP contribution is 2.18. The smallest absolute Gasteiger partial charge is 0.241 e. The van der Waals surface area contributed by atoms with Crippen molar-refractivity contribution in [3.05, 3.63) is 29.6 Å². The van der Waals surface area contributed by atoms with Crippen molar-refractivity contribution >= 4 is 10.0 Å². The first-order valence-corrected chi connectivity index (χ1v) is 8.27. The predicted octanol–water partition coefficient (Wildman–Crippen LogP) is 1.64. The first-order valence-electron chi connectivity index (χ1n) is 6.79. The second-order valence-corrected chi connectivity index (χ2v) is 6.95.